The first-order valence-corrected chi connectivity index (χ1v) is 5.80. The Kier molecular flexibility index (Phi) is 3.58. The molecule has 2 rings (SSSR count). The van der Waals surface area contributed by atoms with Crippen molar-refractivity contribution in [2.45, 2.75) is 18.9 Å². The number of aromatic nitrogens is 1. The van der Waals surface area contributed by atoms with Crippen LogP contribution < -0.4 is 5.32 Å². The second kappa shape index (κ2) is 5.14. The third-order valence-electron chi connectivity index (χ3n) is 3.04. The van der Waals surface area contributed by atoms with E-state index in [1.165, 1.54) is 6.07 Å². The molecule has 2 N–H and O–H groups in total. The SMILES string of the molecule is CN1CCC(Nc2cccc(C(=O)O)n2)CC1. The molecular formula is C12H17N3O2. The minimum Gasteiger partial charge on any atom is -0.477 e. The molecule has 1 saturated heterocycles. The number of hydrogen-bond donors (Lipinski definition) is 2. The molecule has 1 aliphatic rings. The van der Waals surface area contributed by atoms with Crippen LogP contribution in [0.25, 0.3) is 0 Å². The van der Waals surface area contributed by atoms with Gasteiger partial charge in [-0.05, 0) is 45.1 Å². The van der Waals surface area contributed by atoms with E-state index in [0.29, 0.717) is 11.9 Å². The molecule has 0 aliphatic carbocycles. The summed E-state index contributed by atoms with van der Waals surface area (Å²) in [5.74, 6) is -0.337. The minimum absolute atomic E-state index is 0.0860. The number of hydrogen-bond acceptors (Lipinski definition) is 4. The molecule has 92 valence electrons. The summed E-state index contributed by atoms with van der Waals surface area (Å²) in [6.07, 6.45) is 2.13. The molecule has 2 heterocycles. The Morgan fingerprint density at radius 2 is 2.18 bits per heavy atom. The minimum atomic E-state index is -0.989. The molecular weight excluding hydrogens is 218 g/mol. The molecule has 0 aromatic carbocycles. The Balaban J connectivity index is 1.98. The first kappa shape index (κ1) is 11.9. The van der Waals surface area contributed by atoms with Crippen LogP contribution >= 0.6 is 0 Å². The van der Waals surface area contributed by atoms with Gasteiger partial charge in [-0.3, -0.25) is 0 Å². The molecule has 1 fully saturated rings. The van der Waals surface area contributed by atoms with Gasteiger partial charge in [-0.2, -0.15) is 0 Å². The van der Waals surface area contributed by atoms with E-state index in [1.807, 2.05) is 6.07 Å². The van der Waals surface area contributed by atoms with Crippen molar-refractivity contribution in [3.63, 3.8) is 0 Å². The monoisotopic (exact) mass is 235 g/mol. The van der Waals surface area contributed by atoms with Crippen LogP contribution in [0.1, 0.15) is 23.3 Å². The van der Waals surface area contributed by atoms with Crippen LogP contribution in [0.15, 0.2) is 18.2 Å². The zero-order chi connectivity index (χ0) is 12.3. The molecule has 0 unspecified atom stereocenters. The van der Waals surface area contributed by atoms with Crippen LogP contribution in [0.5, 0.6) is 0 Å². The molecule has 0 bridgehead atoms. The fourth-order valence-corrected chi connectivity index (χ4v) is 2.00. The number of likely N-dealkylation sites (tertiary alicyclic amines) is 1. The highest BCUT2D eigenvalue weighted by atomic mass is 16.4. The van der Waals surface area contributed by atoms with E-state index < -0.39 is 5.97 Å². The zero-order valence-electron chi connectivity index (χ0n) is 9.89. The molecule has 0 amide bonds. The highest BCUT2D eigenvalue weighted by Gasteiger charge is 2.16. The van der Waals surface area contributed by atoms with Crippen molar-refractivity contribution >= 4 is 11.8 Å². The number of carbonyl (C=O) groups is 1. The largest absolute Gasteiger partial charge is 0.477 e. The van der Waals surface area contributed by atoms with Gasteiger partial charge in [-0.1, -0.05) is 6.07 Å². The lowest BCUT2D eigenvalue weighted by Crippen LogP contribution is -2.36. The Labute approximate surface area is 100 Å². The van der Waals surface area contributed by atoms with Gasteiger partial charge >= 0.3 is 5.97 Å². The van der Waals surface area contributed by atoms with E-state index in [0.717, 1.165) is 25.9 Å². The van der Waals surface area contributed by atoms with Gasteiger partial charge in [0.15, 0.2) is 5.69 Å². The topological polar surface area (TPSA) is 65.5 Å². The lowest BCUT2D eigenvalue weighted by atomic mass is 10.1. The van der Waals surface area contributed by atoms with Crippen molar-refractivity contribution < 1.29 is 9.90 Å². The van der Waals surface area contributed by atoms with Gasteiger partial charge in [0.05, 0.1) is 0 Å². The van der Waals surface area contributed by atoms with E-state index in [2.05, 4.69) is 22.2 Å². The third-order valence-corrected chi connectivity index (χ3v) is 3.04. The number of rotatable bonds is 3. The van der Waals surface area contributed by atoms with Crippen LogP contribution in [0, 0.1) is 0 Å². The van der Waals surface area contributed by atoms with E-state index in [4.69, 9.17) is 5.11 Å². The summed E-state index contributed by atoms with van der Waals surface area (Å²) in [5.41, 5.74) is 0.0860. The summed E-state index contributed by atoms with van der Waals surface area (Å²) in [6, 6.07) is 5.42. The molecule has 1 aromatic rings. The van der Waals surface area contributed by atoms with Crippen molar-refractivity contribution in [3.8, 4) is 0 Å². The molecule has 17 heavy (non-hydrogen) atoms. The standard InChI is InChI=1S/C12H17N3O2/c1-15-7-5-9(6-8-15)13-11-4-2-3-10(14-11)12(16)17/h2-4,9H,5-8H2,1H3,(H,13,14)(H,16,17). The highest BCUT2D eigenvalue weighted by Crippen LogP contribution is 2.14. The van der Waals surface area contributed by atoms with Crippen molar-refractivity contribution in [1.29, 1.82) is 0 Å². The second-order valence-electron chi connectivity index (χ2n) is 4.44. The number of carboxylic acid groups (broad SMARTS) is 1. The summed E-state index contributed by atoms with van der Waals surface area (Å²) in [5, 5.41) is 12.1. The molecule has 5 nitrogen and oxygen atoms in total. The number of carboxylic acids is 1. The Bertz CT molecular complexity index is 400. The van der Waals surface area contributed by atoms with Gasteiger partial charge < -0.3 is 15.3 Å². The van der Waals surface area contributed by atoms with Crippen LogP contribution in [-0.2, 0) is 0 Å². The van der Waals surface area contributed by atoms with E-state index in [-0.39, 0.29) is 5.69 Å². The van der Waals surface area contributed by atoms with E-state index in [9.17, 15) is 4.79 Å². The summed E-state index contributed by atoms with van der Waals surface area (Å²) in [7, 11) is 2.11. The summed E-state index contributed by atoms with van der Waals surface area (Å²) in [6.45, 7) is 2.13. The quantitative estimate of drug-likeness (QED) is 0.826. The summed E-state index contributed by atoms with van der Waals surface area (Å²) in [4.78, 5) is 17.1. The Morgan fingerprint density at radius 1 is 1.47 bits per heavy atom. The maximum Gasteiger partial charge on any atom is 0.354 e. The predicted molar refractivity (Wildman–Crippen MR) is 65.3 cm³/mol. The average molecular weight is 235 g/mol. The first-order chi connectivity index (χ1) is 8.15. The van der Waals surface area contributed by atoms with Crippen molar-refractivity contribution in [2.75, 3.05) is 25.5 Å². The molecule has 1 aliphatic heterocycles. The summed E-state index contributed by atoms with van der Waals surface area (Å²) >= 11 is 0. The number of nitrogens with zero attached hydrogens (tertiary/aromatic N) is 2. The fourth-order valence-electron chi connectivity index (χ4n) is 2.00. The fraction of sp³-hybridized carbons (Fsp3) is 0.500. The zero-order valence-corrected chi connectivity index (χ0v) is 9.89. The number of piperidine rings is 1. The Hall–Kier alpha value is -1.62. The average Bonchev–Trinajstić information content (AvgIpc) is 2.32. The van der Waals surface area contributed by atoms with E-state index >= 15 is 0 Å². The van der Waals surface area contributed by atoms with Crippen LogP contribution in [0.3, 0.4) is 0 Å². The van der Waals surface area contributed by atoms with Crippen molar-refractivity contribution in [3.05, 3.63) is 23.9 Å². The Morgan fingerprint density at radius 3 is 2.82 bits per heavy atom. The van der Waals surface area contributed by atoms with Gasteiger partial charge in [0, 0.05) is 6.04 Å². The predicted octanol–water partition coefficient (Wildman–Crippen LogP) is 1.29. The molecule has 5 heteroatoms. The van der Waals surface area contributed by atoms with Crippen LogP contribution in [-0.4, -0.2) is 47.1 Å². The van der Waals surface area contributed by atoms with Crippen LogP contribution in [0.2, 0.25) is 0 Å². The molecule has 0 atom stereocenters. The number of anilines is 1. The lowest BCUT2D eigenvalue weighted by molar-refractivity contribution is 0.0690. The van der Waals surface area contributed by atoms with Gasteiger partial charge in [-0.15, -0.1) is 0 Å². The van der Waals surface area contributed by atoms with E-state index in [1.54, 1.807) is 6.07 Å². The van der Waals surface area contributed by atoms with Crippen molar-refractivity contribution in [2.24, 2.45) is 0 Å². The number of pyridine rings is 1. The first-order valence-electron chi connectivity index (χ1n) is 5.80. The number of nitrogens with one attached hydrogen (secondary N) is 1. The smallest absolute Gasteiger partial charge is 0.354 e. The van der Waals surface area contributed by atoms with Gasteiger partial charge in [0.25, 0.3) is 0 Å². The van der Waals surface area contributed by atoms with Crippen LogP contribution in [0.4, 0.5) is 5.82 Å². The molecule has 0 radical (unpaired) electrons. The van der Waals surface area contributed by atoms with Gasteiger partial charge in [0.2, 0.25) is 0 Å². The normalized spacial score (nSPS) is 17.9. The third kappa shape index (κ3) is 3.17. The lowest BCUT2D eigenvalue weighted by Gasteiger charge is -2.29. The van der Waals surface area contributed by atoms with Gasteiger partial charge in [0.1, 0.15) is 5.82 Å². The molecule has 0 saturated carbocycles. The van der Waals surface area contributed by atoms with Crippen molar-refractivity contribution in [1.82, 2.24) is 9.88 Å². The summed E-state index contributed by atoms with van der Waals surface area (Å²) < 4.78 is 0. The number of aromatic carboxylic acids is 1. The second-order valence-corrected chi connectivity index (χ2v) is 4.44. The maximum atomic E-state index is 10.8. The highest BCUT2D eigenvalue weighted by molar-refractivity contribution is 5.85. The maximum absolute atomic E-state index is 10.8. The molecule has 0 spiro atoms. The van der Waals surface area contributed by atoms with Gasteiger partial charge in [-0.25, -0.2) is 9.78 Å². The molecule has 1 aromatic heterocycles.